The summed E-state index contributed by atoms with van der Waals surface area (Å²) < 4.78 is 0. The molecule has 2 aromatic carbocycles. The lowest BCUT2D eigenvalue weighted by atomic mass is 9.77. The van der Waals surface area contributed by atoms with E-state index in [1.165, 1.54) is 4.90 Å². The molecule has 3 heterocycles. The zero-order valence-corrected chi connectivity index (χ0v) is 14.6. The topological polar surface area (TPSA) is 78.5 Å². The maximum atomic E-state index is 13.2. The second kappa shape index (κ2) is 5.76. The van der Waals surface area contributed by atoms with Crippen LogP contribution in [0.1, 0.15) is 11.1 Å². The van der Waals surface area contributed by atoms with Gasteiger partial charge < -0.3 is 5.32 Å². The first-order valence-corrected chi connectivity index (χ1v) is 9.18. The van der Waals surface area contributed by atoms with Gasteiger partial charge in [-0.05, 0) is 18.1 Å². The average molecular weight is 361 g/mol. The van der Waals surface area contributed by atoms with Crippen LogP contribution in [0.15, 0.2) is 54.6 Å². The van der Waals surface area contributed by atoms with Crippen LogP contribution < -0.4 is 10.6 Å². The van der Waals surface area contributed by atoms with Gasteiger partial charge in [0.1, 0.15) is 5.54 Å². The largest absolute Gasteiger partial charge is 0.324 e. The number of amides is 3. The van der Waals surface area contributed by atoms with Crippen LogP contribution in [0.4, 0.5) is 5.69 Å². The van der Waals surface area contributed by atoms with Crippen molar-refractivity contribution in [1.29, 1.82) is 0 Å². The van der Waals surface area contributed by atoms with E-state index in [0.717, 1.165) is 11.1 Å². The van der Waals surface area contributed by atoms with E-state index in [4.69, 9.17) is 0 Å². The summed E-state index contributed by atoms with van der Waals surface area (Å²) in [4.78, 5) is 40.4. The van der Waals surface area contributed by atoms with Gasteiger partial charge in [0.15, 0.2) is 0 Å². The second-order valence-electron chi connectivity index (χ2n) is 7.34. The maximum absolute atomic E-state index is 13.2. The summed E-state index contributed by atoms with van der Waals surface area (Å²) in [5.74, 6) is -1.86. The molecule has 3 aliphatic rings. The molecule has 2 N–H and O–H groups in total. The summed E-state index contributed by atoms with van der Waals surface area (Å²) in [6.07, 6.45) is 0.612. The Morgan fingerprint density at radius 1 is 0.963 bits per heavy atom. The van der Waals surface area contributed by atoms with Crippen LogP contribution in [0.5, 0.6) is 0 Å². The fourth-order valence-corrected chi connectivity index (χ4v) is 4.73. The predicted octanol–water partition coefficient (Wildman–Crippen LogP) is 1.28. The lowest BCUT2D eigenvalue weighted by Gasteiger charge is -2.28. The van der Waals surface area contributed by atoms with Gasteiger partial charge in [0.05, 0.1) is 11.8 Å². The van der Waals surface area contributed by atoms with E-state index >= 15 is 0 Å². The average Bonchev–Trinajstić information content (AvgIpc) is 3.29. The minimum absolute atomic E-state index is 0.178. The van der Waals surface area contributed by atoms with Crippen LogP contribution >= 0.6 is 0 Å². The number of carbonyl (C=O) groups is 3. The molecule has 0 bridgehead atoms. The Morgan fingerprint density at radius 3 is 2.52 bits per heavy atom. The van der Waals surface area contributed by atoms with E-state index in [2.05, 4.69) is 10.6 Å². The predicted molar refractivity (Wildman–Crippen MR) is 98.6 cm³/mol. The van der Waals surface area contributed by atoms with E-state index in [9.17, 15) is 14.4 Å². The van der Waals surface area contributed by atoms with Crippen LogP contribution in [0.25, 0.3) is 0 Å². The highest BCUT2D eigenvalue weighted by Crippen LogP contribution is 2.50. The smallest absolute Gasteiger partial charge is 0.250 e. The van der Waals surface area contributed by atoms with Crippen LogP contribution in [-0.4, -0.2) is 35.7 Å². The molecule has 136 valence electrons. The van der Waals surface area contributed by atoms with Gasteiger partial charge in [-0.2, -0.15) is 0 Å². The quantitative estimate of drug-likeness (QED) is 0.808. The molecule has 0 aromatic heterocycles. The lowest BCUT2D eigenvalue weighted by molar-refractivity contribution is -0.142. The molecule has 2 saturated heterocycles. The summed E-state index contributed by atoms with van der Waals surface area (Å²) in [5.41, 5.74) is 1.40. The van der Waals surface area contributed by atoms with Gasteiger partial charge in [0.25, 0.3) is 0 Å². The fourth-order valence-electron chi connectivity index (χ4n) is 4.73. The van der Waals surface area contributed by atoms with Crippen molar-refractivity contribution in [2.45, 2.75) is 12.0 Å². The van der Waals surface area contributed by atoms with Crippen molar-refractivity contribution in [2.75, 3.05) is 18.4 Å². The SMILES string of the molecule is O=C1[C@@H]2[C@@H](CN[C@@]23C(=O)Nc2ccccc23)C(=O)N1CCc1ccccc1. The number of fused-ring (bicyclic) bond motifs is 4. The fraction of sp³-hybridized carbons (Fsp3) is 0.286. The third-order valence-corrected chi connectivity index (χ3v) is 6.01. The number of hydrogen-bond acceptors (Lipinski definition) is 4. The normalized spacial score (nSPS) is 28.6. The molecule has 0 radical (unpaired) electrons. The van der Waals surface area contributed by atoms with Crippen molar-refractivity contribution in [3.63, 3.8) is 0 Å². The Balaban J connectivity index is 1.47. The molecule has 1 spiro atoms. The molecule has 5 rings (SSSR count). The summed E-state index contributed by atoms with van der Waals surface area (Å²) in [7, 11) is 0. The van der Waals surface area contributed by atoms with Crippen LogP contribution in [0.2, 0.25) is 0 Å². The highest BCUT2D eigenvalue weighted by atomic mass is 16.2. The molecule has 2 aromatic rings. The molecule has 0 saturated carbocycles. The van der Waals surface area contributed by atoms with Crippen molar-refractivity contribution in [3.8, 4) is 0 Å². The lowest BCUT2D eigenvalue weighted by Crippen LogP contribution is -2.51. The zero-order valence-electron chi connectivity index (χ0n) is 14.6. The molecule has 6 heteroatoms. The molecular formula is C21H19N3O3. The van der Waals surface area contributed by atoms with E-state index < -0.39 is 17.4 Å². The van der Waals surface area contributed by atoms with Crippen molar-refractivity contribution in [2.24, 2.45) is 11.8 Å². The first-order chi connectivity index (χ1) is 13.1. The second-order valence-corrected chi connectivity index (χ2v) is 7.34. The van der Waals surface area contributed by atoms with Gasteiger partial charge in [-0.15, -0.1) is 0 Å². The van der Waals surface area contributed by atoms with E-state index in [1.54, 1.807) is 0 Å². The van der Waals surface area contributed by atoms with Crippen molar-refractivity contribution in [3.05, 3.63) is 65.7 Å². The summed E-state index contributed by atoms with van der Waals surface area (Å²) in [6.45, 7) is 0.673. The Morgan fingerprint density at radius 2 is 1.70 bits per heavy atom. The Labute approximate surface area is 156 Å². The number of benzene rings is 2. The Bertz CT molecular complexity index is 958. The third-order valence-electron chi connectivity index (χ3n) is 6.01. The van der Waals surface area contributed by atoms with Gasteiger partial charge in [0.2, 0.25) is 17.7 Å². The van der Waals surface area contributed by atoms with Crippen molar-refractivity contribution < 1.29 is 14.4 Å². The summed E-state index contributed by atoms with van der Waals surface area (Å²) in [6, 6.07) is 17.2. The number of nitrogens with one attached hydrogen (secondary N) is 2. The molecule has 6 nitrogen and oxygen atoms in total. The molecular weight excluding hydrogens is 342 g/mol. The standard InChI is InChI=1S/C21H19N3O3/c25-18-14-12-22-21(15-8-4-5-9-16(15)23-20(21)27)17(14)19(26)24(18)11-10-13-6-2-1-3-7-13/h1-9,14,17,22H,10-12H2,(H,23,27)/t14-,17+,21-/m1/s1. The Hall–Kier alpha value is -2.99. The highest BCUT2D eigenvalue weighted by Gasteiger charge is 2.67. The van der Waals surface area contributed by atoms with E-state index in [-0.39, 0.29) is 17.7 Å². The van der Waals surface area contributed by atoms with Gasteiger partial charge in [-0.3, -0.25) is 24.6 Å². The molecule has 27 heavy (non-hydrogen) atoms. The van der Waals surface area contributed by atoms with Crippen molar-refractivity contribution in [1.82, 2.24) is 10.2 Å². The van der Waals surface area contributed by atoms with E-state index in [0.29, 0.717) is 25.2 Å². The van der Waals surface area contributed by atoms with Gasteiger partial charge in [-0.25, -0.2) is 0 Å². The Kier molecular flexibility index (Phi) is 3.45. The number of likely N-dealkylation sites (tertiary alicyclic amines) is 1. The third kappa shape index (κ3) is 2.13. The molecule has 0 unspecified atom stereocenters. The number of anilines is 1. The van der Waals surface area contributed by atoms with Gasteiger partial charge in [-0.1, -0.05) is 48.5 Å². The minimum Gasteiger partial charge on any atom is -0.324 e. The minimum atomic E-state index is -1.14. The van der Waals surface area contributed by atoms with Gasteiger partial charge >= 0.3 is 0 Å². The monoisotopic (exact) mass is 361 g/mol. The number of rotatable bonds is 3. The highest BCUT2D eigenvalue weighted by molar-refractivity contribution is 6.14. The number of para-hydroxylation sites is 1. The van der Waals surface area contributed by atoms with Crippen LogP contribution in [0.3, 0.4) is 0 Å². The molecule has 3 amide bonds. The van der Waals surface area contributed by atoms with Gasteiger partial charge in [0, 0.05) is 24.3 Å². The number of carbonyl (C=O) groups excluding carboxylic acids is 3. The molecule has 0 aliphatic carbocycles. The number of imide groups is 1. The maximum Gasteiger partial charge on any atom is 0.250 e. The summed E-state index contributed by atoms with van der Waals surface area (Å²) in [5, 5.41) is 6.08. The zero-order chi connectivity index (χ0) is 18.6. The number of hydrogen-bond donors (Lipinski definition) is 2. The van der Waals surface area contributed by atoms with Crippen LogP contribution in [0, 0.1) is 11.8 Å². The summed E-state index contributed by atoms with van der Waals surface area (Å²) >= 11 is 0. The first-order valence-electron chi connectivity index (χ1n) is 9.18. The molecule has 2 fully saturated rings. The van der Waals surface area contributed by atoms with E-state index in [1.807, 2.05) is 54.6 Å². The molecule has 3 atom stereocenters. The van der Waals surface area contributed by atoms with Crippen LogP contribution in [-0.2, 0) is 26.3 Å². The first kappa shape index (κ1) is 16.2. The molecule has 3 aliphatic heterocycles. The number of nitrogens with zero attached hydrogens (tertiary/aromatic N) is 1. The van der Waals surface area contributed by atoms with Crippen molar-refractivity contribution >= 4 is 23.4 Å².